The summed E-state index contributed by atoms with van der Waals surface area (Å²) in [6.45, 7) is 0. The lowest BCUT2D eigenvalue weighted by atomic mass is 10.0. The lowest BCUT2D eigenvalue weighted by Gasteiger charge is -2.11. The van der Waals surface area contributed by atoms with Gasteiger partial charge in [0.1, 0.15) is 10.6 Å². The Hall–Kier alpha value is -3.59. The lowest BCUT2D eigenvalue weighted by Crippen LogP contribution is -2.17. The first-order valence-corrected chi connectivity index (χ1v) is 11.9. The fraction of sp³-hybridized carbons (Fsp3) is 0. The van der Waals surface area contributed by atoms with Gasteiger partial charge in [-0.2, -0.15) is 13.5 Å². The van der Waals surface area contributed by atoms with Crippen molar-refractivity contribution in [3.05, 3.63) is 100 Å². The van der Waals surface area contributed by atoms with Crippen molar-refractivity contribution in [3.8, 4) is 11.5 Å². The Morgan fingerprint density at radius 3 is 2.35 bits per heavy atom. The van der Waals surface area contributed by atoms with E-state index in [1.807, 2.05) is 0 Å². The number of rotatable bonds is 6. The third-order valence-electron chi connectivity index (χ3n) is 4.80. The molecule has 0 aliphatic heterocycles. The van der Waals surface area contributed by atoms with E-state index in [0.717, 1.165) is 0 Å². The minimum atomic E-state index is -4.08. The van der Waals surface area contributed by atoms with Crippen LogP contribution in [0.4, 0.5) is 0 Å². The van der Waals surface area contributed by atoms with E-state index in [1.165, 1.54) is 54.7 Å². The predicted octanol–water partition coefficient (Wildman–Crippen LogP) is 5.38. The molecule has 7 nitrogen and oxygen atoms in total. The Morgan fingerprint density at radius 2 is 1.65 bits per heavy atom. The average Bonchev–Trinajstić information content (AvgIpc) is 2.82. The summed E-state index contributed by atoms with van der Waals surface area (Å²) in [4.78, 5) is 12.2. The van der Waals surface area contributed by atoms with Crippen LogP contribution >= 0.6 is 23.2 Å². The number of hydrogen-bond donors (Lipinski definition) is 2. The number of halogens is 2. The molecule has 2 N–H and O–H groups in total. The number of benzene rings is 4. The van der Waals surface area contributed by atoms with Gasteiger partial charge in [-0.3, -0.25) is 4.79 Å². The molecule has 4 rings (SSSR count). The number of carbonyl (C=O) groups excluding carboxylic acids is 1. The first-order chi connectivity index (χ1) is 16.2. The molecule has 0 bridgehead atoms. The molecule has 0 aliphatic carbocycles. The summed E-state index contributed by atoms with van der Waals surface area (Å²) in [5.74, 6) is -0.504. The number of fused-ring (bicyclic) bond motifs is 1. The van der Waals surface area contributed by atoms with Crippen molar-refractivity contribution in [2.24, 2.45) is 5.10 Å². The minimum absolute atomic E-state index is 0.0244. The highest BCUT2D eigenvalue weighted by molar-refractivity contribution is 7.87. The molecule has 1 amide bonds. The van der Waals surface area contributed by atoms with Crippen LogP contribution in [0.3, 0.4) is 0 Å². The number of aromatic hydroxyl groups is 1. The van der Waals surface area contributed by atoms with Gasteiger partial charge in [-0.05, 0) is 60.0 Å². The Balaban J connectivity index is 1.58. The Labute approximate surface area is 205 Å². The van der Waals surface area contributed by atoms with Crippen molar-refractivity contribution in [3.63, 3.8) is 0 Å². The van der Waals surface area contributed by atoms with Crippen molar-refractivity contribution in [1.29, 1.82) is 0 Å². The summed E-state index contributed by atoms with van der Waals surface area (Å²) in [6.07, 6.45) is 1.43. The number of amides is 1. The van der Waals surface area contributed by atoms with Crippen LogP contribution in [0.25, 0.3) is 10.8 Å². The highest BCUT2D eigenvalue weighted by Crippen LogP contribution is 2.30. The fourth-order valence-electron chi connectivity index (χ4n) is 3.12. The number of hydrogen-bond acceptors (Lipinski definition) is 6. The summed E-state index contributed by atoms with van der Waals surface area (Å²) in [6, 6.07) is 19.9. The van der Waals surface area contributed by atoms with E-state index >= 15 is 0 Å². The van der Waals surface area contributed by atoms with Crippen LogP contribution in [-0.4, -0.2) is 25.6 Å². The third-order valence-corrected chi connectivity index (χ3v) is 6.60. The molecule has 0 atom stereocenters. The van der Waals surface area contributed by atoms with Gasteiger partial charge in [-0.15, -0.1) is 0 Å². The number of nitrogens with zero attached hydrogens (tertiary/aromatic N) is 1. The molecule has 34 heavy (non-hydrogen) atoms. The molecule has 172 valence electrons. The van der Waals surface area contributed by atoms with Gasteiger partial charge in [-0.25, -0.2) is 5.43 Å². The van der Waals surface area contributed by atoms with Crippen LogP contribution in [-0.2, 0) is 10.1 Å². The zero-order chi connectivity index (χ0) is 24.3. The molecule has 0 saturated heterocycles. The van der Waals surface area contributed by atoms with Crippen LogP contribution in [0.5, 0.6) is 11.5 Å². The summed E-state index contributed by atoms with van der Waals surface area (Å²) >= 11 is 11.7. The molecule has 0 heterocycles. The van der Waals surface area contributed by atoms with Crippen molar-refractivity contribution < 1.29 is 22.5 Å². The summed E-state index contributed by atoms with van der Waals surface area (Å²) < 4.78 is 30.8. The van der Waals surface area contributed by atoms with Gasteiger partial charge in [0, 0.05) is 21.5 Å². The standard InChI is InChI=1S/C24H16Cl2N2O5S/c25-17-7-9-18(10-8-17)34(31,32)33-23-12-6-16(19-3-1-2-4-20(19)23)14-27-28-24(30)15-5-11-22(29)21(26)13-15/h1-14,29H,(H,28,30)/b27-14+. The normalized spacial score (nSPS) is 11.6. The molecule has 0 spiro atoms. The first-order valence-electron chi connectivity index (χ1n) is 9.78. The summed E-state index contributed by atoms with van der Waals surface area (Å²) in [5, 5.41) is 15.1. The van der Waals surface area contributed by atoms with Crippen LogP contribution < -0.4 is 9.61 Å². The largest absolute Gasteiger partial charge is 0.506 e. The molecule has 0 saturated carbocycles. The zero-order valence-electron chi connectivity index (χ0n) is 17.3. The van der Waals surface area contributed by atoms with Crippen LogP contribution in [0.1, 0.15) is 15.9 Å². The number of phenols is 1. The van der Waals surface area contributed by atoms with E-state index < -0.39 is 16.0 Å². The predicted molar refractivity (Wildman–Crippen MR) is 131 cm³/mol. The minimum Gasteiger partial charge on any atom is -0.506 e. The number of carbonyl (C=O) groups is 1. The Morgan fingerprint density at radius 1 is 0.941 bits per heavy atom. The summed E-state index contributed by atoms with van der Waals surface area (Å²) in [5.41, 5.74) is 3.23. The van der Waals surface area contributed by atoms with Gasteiger partial charge < -0.3 is 9.29 Å². The molecule has 4 aromatic rings. The molecule has 0 aromatic heterocycles. The average molecular weight is 515 g/mol. The SMILES string of the molecule is O=C(N/N=C/c1ccc(OS(=O)(=O)c2ccc(Cl)cc2)c2ccccc12)c1ccc(O)c(Cl)c1. The molecule has 0 aliphatic rings. The number of hydrazone groups is 1. The van der Waals surface area contributed by atoms with E-state index in [2.05, 4.69) is 10.5 Å². The van der Waals surface area contributed by atoms with E-state index in [0.29, 0.717) is 21.4 Å². The molecule has 0 unspecified atom stereocenters. The van der Waals surface area contributed by atoms with E-state index in [1.54, 1.807) is 30.3 Å². The maximum Gasteiger partial charge on any atom is 0.339 e. The van der Waals surface area contributed by atoms with Gasteiger partial charge in [0.05, 0.1) is 11.2 Å². The second kappa shape index (κ2) is 9.72. The maximum atomic E-state index is 12.7. The van der Waals surface area contributed by atoms with Crippen molar-refractivity contribution in [2.75, 3.05) is 0 Å². The van der Waals surface area contributed by atoms with Crippen LogP contribution in [0, 0.1) is 0 Å². The zero-order valence-corrected chi connectivity index (χ0v) is 19.6. The van der Waals surface area contributed by atoms with Crippen molar-refractivity contribution in [1.82, 2.24) is 5.43 Å². The monoisotopic (exact) mass is 514 g/mol. The topological polar surface area (TPSA) is 105 Å². The molecule has 0 fully saturated rings. The molecule has 4 aromatic carbocycles. The fourth-order valence-corrected chi connectivity index (χ4v) is 4.37. The van der Waals surface area contributed by atoms with Crippen LogP contribution in [0.15, 0.2) is 88.9 Å². The highest BCUT2D eigenvalue weighted by atomic mass is 35.5. The second-order valence-corrected chi connectivity index (χ2v) is 9.45. The quantitative estimate of drug-likeness (QED) is 0.204. The second-order valence-electron chi connectivity index (χ2n) is 7.06. The van der Waals surface area contributed by atoms with Gasteiger partial charge in [0.25, 0.3) is 5.91 Å². The van der Waals surface area contributed by atoms with Crippen molar-refractivity contribution in [2.45, 2.75) is 4.90 Å². The third kappa shape index (κ3) is 5.14. The molecule has 0 radical (unpaired) electrons. The maximum absolute atomic E-state index is 12.7. The van der Waals surface area contributed by atoms with Gasteiger partial charge in [0.15, 0.2) is 5.75 Å². The smallest absolute Gasteiger partial charge is 0.339 e. The van der Waals surface area contributed by atoms with E-state index in [9.17, 15) is 18.3 Å². The Bertz CT molecular complexity index is 1520. The molecular weight excluding hydrogens is 499 g/mol. The molecular formula is C24H16Cl2N2O5S. The first kappa shape index (κ1) is 23.6. The van der Waals surface area contributed by atoms with E-state index in [4.69, 9.17) is 27.4 Å². The summed E-state index contributed by atoms with van der Waals surface area (Å²) in [7, 11) is -4.08. The van der Waals surface area contributed by atoms with Crippen LogP contribution in [0.2, 0.25) is 10.0 Å². The van der Waals surface area contributed by atoms with E-state index in [-0.39, 0.29) is 27.0 Å². The number of nitrogens with one attached hydrogen (secondary N) is 1. The number of phenolic OH excluding ortho intramolecular Hbond substituents is 1. The molecule has 10 heteroatoms. The highest BCUT2D eigenvalue weighted by Gasteiger charge is 2.18. The van der Waals surface area contributed by atoms with Gasteiger partial charge in [0.2, 0.25) is 0 Å². The van der Waals surface area contributed by atoms with Crippen molar-refractivity contribution >= 4 is 56.2 Å². The lowest BCUT2D eigenvalue weighted by molar-refractivity contribution is 0.0955. The van der Waals surface area contributed by atoms with Gasteiger partial charge >= 0.3 is 10.1 Å². The van der Waals surface area contributed by atoms with Gasteiger partial charge in [-0.1, -0.05) is 47.5 Å². The Kier molecular flexibility index (Phi) is 6.74.